The van der Waals surface area contributed by atoms with Gasteiger partial charge in [0.15, 0.2) is 6.61 Å². The van der Waals surface area contributed by atoms with Gasteiger partial charge in [-0.25, -0.2) is 0 Å². The van der Waals surface area contributed by atoms with Crippen LogP contribution in [0.15, 0.2) is 18.2 Å². The number of nitrogens with one attached hydrogen (secondary N) is 2. The predicted molar refractivity (Wildman–Crippen MR) is 84.6 cm³/mol. The van der Waals surface area contributed by atoms with Crippen LogP contribution in [0.5, 0.6) is 5.75 Å². The fourth-order valence-corrected chi connectivity index (χ4v) is 2.78. The number of aliphatic carboxylic acids is 1. The van der Waals surface area contributed by atoms with Crippen molar-refractivity contribution in [1.82, 2.24) is 15.2 Å². The molecule has 0 radical (unpaired) electrons. The molecular formula is C16H19N3O4. The first-order valence-corrected chi connectivity index (χ1v) is 7.41. The summed E-state index contributed by atoms with van der Waals surface area (Å²) in [6, 6.07) is 4.77. The summed E-state index contributed by atoms with van der Waals surface area (Å²) >= 11 is 0. The Labute approximate surface area is 133 Å². The molecule has 23 heavy (non-hydrogen) atoms. The van der Waals surface area contributed by atoms with Crippen molar-refractivity contribution in [2.24, 2.45) is 0 Å². The Bertz CT molecular complexity index is 766. The van der Waals surface area contributed by atoms with Gasteiger partial charge in [-0.1, -0.05) is 0 Å². The van der Waals surface area contributed by atoms with E-state index < -0.39 is 12.0 Å². The van der Waals surface area contributed by atoms with E-state index in [1.54, 1.807) is 20.2 Å². The van der Waals surface area contributed by atoms with Crippen LogP contribution in [0, 0.1) is 0 Å². The Morgan fingerprint density at radius 3 is 2.87 bits per heavy atom. The molecule has 3 rings (SSSR count). The monoisotopic (exact) mass is 317 g/mol. The van der Waals surface area contributed by atoms with Gasteiger partial charge in [0.25, 0.3) is 5.91 Å². The highest BCUT2D eigenvalue weighted by molar-refractivity contribution is 5.89. The molecule has 1 unspecified atom stereocenters. The summed E-state index contributed by atoms with van der Waals surface area (Å²) in [5, 5.41) is 13.3. The molecule has 1 aliphatic heterocycles. The number of nitrogens with zero attached hydrogens (tertiary/aromatic N) is 1. The Kier molecular flexibility index (Phi) is 3.96. The van der Waals surface area contributed by atoms with E-state index in [0.717, 1.165) is 22.9 Å². The van der Waals surface area contributed by atoms with Gasteiger partial charge in [-0.05, 0) is 30.2 Å². The van der Waals surface area contributed by atoms with Crippen LogP contribution in [0.25, 0.3) is 10.9 Å². The molecule has 1 atom stereocenters. The molecule has 0 fully saturated rings. The second kappa shape index (κ2) is 5.92. The predicted octanol–water partition coefficient (Wildman–Crippen LogP) is 0.906. The number of ether oxygens (including phenoxy) is 1. The minimum Gasteiger partial charge on any atom is -0.484 e. The molecule has 1 aromatic heterocycles. The number of amides is 1. The number of carboxylic acids is 1. The number of benzene rings is 1. The Balaban J connectivity index is 1.91. The molecule has 0 spiro atoms. The zero-order valence-electron chi connectivity index (χ0n) is 13.0. The number of H-pyrrole nitrogens is 1. The van der Waals surface area contributed by atoms with Crippen LogP contribution >= 0.6 is 0 Å². The minimum absolute atomic E-state index is 0.0234. The lowest BCUT2D eigenvalue weighted by Crippen LogP contribution is -2.34. The first-order chi connectivity index (χ1) is 11.0. The molecule has 0 aliphatic carbocycles. The number of fused-ring (bicyclic) bond motifs is 3. The van der Waals surface area contributed by atoms with E-state index in [0.29, 0.717) is 18.0 Å². The molecule has 1 amide bonds. The van der Waals surface area contributed by atoms with Crippen LogP contribution in [0.1, 0.15) is 17.3 Å². The maximum absolute atomic E-state index is 11.6. The SMILES string of the molecule is CN(C)C(=O)COc1ccc2[nH]c3c(c2c1)CCNC3C(=O)O. The lowest BCUT2D eigenvalue weighted by atomic mass is 9.99. The van der Waals surface area contributed by atoms with Crippen molar-refractivity contribution in [3.8, 4) is 5.75 Å². The van der Waals surface area contributed by atoms with Gasteiger partial charge in [0.1, 0.15) is 11.8 Å². The van der Waals surface area contributed by atoms with Gasteiger partial charge in [-0.2, -0.15) is 0 Å². The molecule has 7 heteroatoms. The fourth-order valence-electron chi connectivity index (χ4n) is 2.78. The standard InChI is InChI=1S/C16H19N3O4/c1-19(2)13(20)8-23-9-3-4-12-11(7-9)10-5-6-17-15(16(21)22)14(10)18-12/h3-4,7,15,17-18H,5-6,8H2,1-2H3,(H,21,22). The summed E-state index contributed by atoms with van der Waals surface area (Å²) in [5.41, 5.74) is 2.56. The highest BCUT2D eigenvalue weighted by atomic mass is 16.5. The molecule has 2 heterocycles. The highest BCUT2D eigenvalue weighted by Crippen LogP contribution is 2.32. The molecule has 0 bridgehead atoms. The van der Waals surface area contributed by atoms with Crippen molar-refractivity contribution < 1.29 is 19.4 Å². The molecule has 2 aromatic rings. The van der Waals surface area contributed by atoms with E-state index in [-0.39, 0.29) is 12.5 Å². The second-order valence-corrected chi connectivity index (χ2v) is 5.78. The lowest BCUT2D eigenvalue weighted by Gasteiger charge is -2.20. The lowest BCUT2D eigenvalue weighted by molar-refractivity contribution is -0.140. The summed E-state index contributed by atoms with van der Waals surface area (Å²) in [6.45, 7) is 0.589. The Hall–Kier alpha value is -2.54. The number of hydrogen-bond acceptors (Lipinski definition) is 4. The van der Waals surface area contributed by atoms with Crippen LogP contribution in [0.3, 0.4) is 0 Å². The molecule has 122 valence electrons. The van der Waals surface area contributed by atoms with E-state index in [1.165, 1.54) is 4.90 Å². The quantitative estimate of drug-likeness (QED) is 0.779. The van der Waals surface area contributed by atoms with Gasteiger partial charge < -0.3 is 19.7 Å². The van der Waals surface area contributed by atoms with E-state index in [9.17, 15) is 14.7 Å². The van der Waals surface area contributed by atoms with Crippen molar-refractivity contribution in [3.05, 3.63) is 29.5 Å². The van der Waals surface area contributed by atoms with Crippen molar-refractivity contribution in [2.45, 2.75) is 12.5 Å². The first kappa shape index (κ1) is 15.4. The summed E-state index contributed by atoms with van der Waals surface area (Å²) in [4.78, 5) is 27.6. The van der Waals surface area contributed by atoms with Crippen LogP contribution in [-0.2, 0) is 16.0 Å². The van der Waals surface area contributed by atoms with Crippen molar-refractivity contribution >= 4 is 22.8 Å². The number of carbonyl (C=O) groups is 2. The van der Waals surface area contributed by atoms with Gasteiger partial charge in [-0.15, -0.1) is 0 Å². The van der Waals surface area contributed by atoms with Crippen molar-refractivity contribution in [3.63, 3.8) is 0 Å². The number of hydrogen-bond donors (Lipinski definition) is 3. The van der Waals surface area contributed by atoms with Crippen molar-refractivity contribution in [2.75, 3.05) is 27.2 Å². The third-order valence-electron chi connectivity index (χ3n) is 4.03. The zero-order valence-corrected chi connectivity index (χ0v) is 13.0. The van der Waals surface area contributed by atoms with Gasteiger partial charge >= 0.3 is 5.97 Å². The van der Waals surface area contributed by atoms with E-state index in [1.807, 2.05) is 12.1 Å². The van der Waals surface area contributed by atoms with Crippen LogP contribution in [-0.4, -0.2) is 54.1 Å². The fraction of sp³-hybridized carbons (Fsp3) is 0.375. The van der Waals surface area contributed by atoms with Crippen LogP contribution in [0.2, 0.25) is 0 Å². The average molecular weight is 317 g/mol. The summed E-state index contributed by atoms with van der Waals surface area (Å²) in [6.07, 6.45) is 0.749. The van der Waals surface area contributed by atoms with Gasteiger partial charge in [-0.3, -0.25) is 14.9 Å². The summed E-state index contributed by atoms with van der Waals surface area (Å²) in [7, 11) is 3.35. The van der Waals surface area contributed by atoms with Crippen LogP contribution in [0.4, 0.5) is 0 Å². The normalized spacial score (nSPS) is 16.9. The molecule has 0 saturated carbocycles. The molecular weight excluding hydrogens is 298 g/mol. The number of carboxylic acid groups (broad SMARTS) is 1. The Morgan fingerprint density at radius 2 is 2.17 bits per heavy atom. The van der Waals surface area contributed by atoms with Gasteiger partial charge in [0, 0.05) is 37.2 Å². The minimum atomic E-state index is -0.898. The summed E-state index contributed by atoms with van der Waals surface area (Å²) in [5.74, 6) is -0.415. The maximum atomic E-state index is 11.6. The zero-order chi connectivity index (χ0) is 16.6. The smallest absolute Gasteiger partial charge is 0.326 e. The van der Waals surface area contributed by atoms with Gasteiger partial charge in [0.2, 0.25) is 0 Å². The summed E-state index contributed by atoms with van der Waals surface area (Å²) < 4.78 is 5.53. The largest absolute Gasteiger partial charge is 0.484 e. The molecule has 1 aromatic carbocycles. The van der Waals surface area contributed by atoms with Gasteiger partial charge in [0.05, 0.1) is 0 Å². The Morgan fingerprint density at radius 1 is 1.39 bits per heavy atom. The number of aromatic amines is 1. The van der Waals surface area contributed by atoms with Crippen molar-refractivity contribution in [1.29, 1.82) is 0 Å². The average Bonchev–Trinajstić information content (AvgIpc) is 2.90. The van der Waals surface area contributed by atoms with E-state index in [2.05, 4.69) is 10.3 Å². The topological polar surface area (TPSA) is 94.7 Å². The number of likely N-dealkylation sites (N-methyl/N-ethyl adjacent to an activating group) is 1. The molecule has 1 aliphatic rings. The van der Waals surface area contributed by atoms with E-state index in [4.69, 9.17) is 4.74 Å². The second-order valence-electron chi connectivity index (χ2n) is 5.78. The number of aromatic nitrogens is 1. The highest BCUT2D eigenvalue weighted by Gasteiger charge is 2.29. The molecule has 3 N–H and O–H groups in total. The van der Waals surface area contributed by atoms with Crippen LogP contribution < -0.4 is 10.1 Å². The number of carbonyl (C=O) groups excluding carboxylic acids is 1. The third kappa shape index (κ3) is 2.87. The third-order valence-corrected chi connectivity index (χ3v) is 4.03. The van der Waals surface area contributed by atoms with E-state index >= 15 is 0 Å². The first-order valence-electron chi connectivity index (χ1n) is 7.41. The maximum Gasteiger partial charge on any atom is 0.326 e. The number of rotatable bonds is 4. The molecule has 7 nitrogen and oxygen atoms in total. The molecule has 0 saturated heterocycles.